The molecule has 4 nitrogen and oxygen atoms in total. The van der Waals surface area contributed by atoms with Gasteiger partial charge in [0.25, 0.3) is 11.8 Å². The average molecular weight is 302 g/mol. The third-order valence-corrected chi connectivity index (χ3v) is 4.29. The molecule has 1 aliphatic rings. The van der Waals surface area contributed by atoms with Crippen LogP contribution in [0.3, 0.4) is 0 Å². The van der Waals surface area contributed by atoms with Crippen LogP contribution in [0.5, 0.6) is 0 Å². The number of benzene rings is 1. The average Bonchev–Trinajstić information content (AvgIpc) is 2.59. The van der Waals surface area contributed by atoms with Crippen LogP contribution >= 0.6 is 0 Å². The lowest BCUT2D eigenvalue weighted by molar-refractivity contribution is 0.0607. The first-order valence-electron chi connectivity index (χ1n) is 8.36. The zero-order valence-electron chi connectivity index (χ0n) is 13.6. The van der Waals surface area contributed by atoms with E-state index in [4.69, 9.17) is 0 Å². The third-order valence-electron chi connectivity index (χ3n) is 4.29. The molecule has 1 unspecified atom stereocenters. The van der Waals surface area contributed by atoms with Gasteiger partial charge in [-0.1, -0.05) is 13.8 Å². The van der Waals surface area contributed by atoms with Crippen molar-refractivity contribution in [3.63, 3.8) is 0 Å². The molecule has 4 heteroatoms. The van der Waals surface area contributed by atoms with E-state index in [0.717, 1.165) is 32.2 Å². The van der Waals surface area contributed by atoms with E-state index in [2.05, 4.69) is 12.2 Å². The number of hydrogen-bond donors (Lipinski definition) is 1. The van der Waals surface area contributed by atoms with Crippen LogP contribution in [-0.2, 0) is 0 Å². The summed E-state index contributed by atoms with van der Waals surface area (Å²) in [6.45, 7) is 5.67. The summed E-state index contributed by atoms with van der Waals surface area (Å²) in [5, 5.41) is 2.84. The Balaban J connectivity index is 2.06. The van der Waals surface area contributed by atoms with E-state index < -0.39 is 0 Å². The first-order valence-corrected chi connectivity index (χ1v) is 8.36. The predicted molar refractivity (Wildman–Crippen MR) is 88.0 cm³/mol. The lowest BCUT2D eigenvalue weighted by atomic mass is 9.98. The van der Waals surface area contributed by atoms with Crippen LogP contribution in [0.1, 0.15) is 66.7 Å². The number of hydrogen-bond acceptors (Lipinski definition) is 2. The summed E-state index contributed by atoms with van der Waals surface area (Å²) in [4.78, 5) is 26.5. The van der Waals surface area contributed by atoms with Crippen molar-refractivity contribution in [3.05, 3.63) is 35.4 Å². The number of nitrogens with zero attached hydrogens (tertiary/aromatic N) is 1. The van der Waals surface area contributed by atoms with E-state index in [1.165, 1.54) is 6.42 Å². The molecule has 2 rings (SSSR count). The molecule has 2 amide bonds. The van der Waals surface area contributed by atoms with Crippen LogP contribution in [0.4, 0.5) is 0 Å². The van der Waals surface area contributed by atoms with Gasteiger partial charge in [-0.3, -0.25) is 9.59 Å². The van der Waals surface area contributed by atoms with Gasteiger partial charge in [-0.05, 0) is 56.4 Å². The molecule has 1 aliphatic heterocycles. The van der Waals surface area contributed by atoms with Gasteiger partial charge in [0, 0.05) is 30.3 Å². The Labute approximate surface area is 132 Å². The largest absolute Gasteiger partial charge is 0.352 e. The second-order valence-corrected chi connectivity index (χ2v) is 5.89. The highest BCUT2D eigenvalue weighted by atomic mass is 16.2. The molecule has 0 radical (unpaired) electrons. The summed E-state index contributed by atoms with van der Waals surface area (Å²) in [7, 11) is 0. The molecular weight excluding hydrogens is 276 g/mol. The first kappa shape index (κ1) is 16.5. The molecule has 0 spiro atoms. The van der Waals surface area contributed by atoms with E-state index in [9.17, 15) is 9.59 Å². The quantitative estimate of drug-likeness (QED) is 0.908. The zero-order valence-corrected chi connectivity index (χ0v) is 13.6. The number of amides is 2. The number of carbonyl (C=O) groups is 2. The molecule has 1 fully saturated rings. The van der Waals surface area contributed by atoms with Crippen molar-refractivity contribution >= 4 is 11.8 Å². The normalized spacial score (nSPS) is 18.1. The van der Waals surface area contributed by atoms with Crippen molar-refractivity contribution < 1.29 is 9.59 Å². The maximum absolute atomic E-state index is 12.6. The molecule has 0 bridgehead atoms. The third kappa shape index (κ3) is 3.87. The highest BCUT2D eigenvalue weighted by Gasteiger charge is 2.26. The maximum Gasteiger partial charge on any atom is 0.254 e. The van der Waals surface area contributed by atoms with E-state index >= 15 is 0 Å². The van der Waals surface area contributed by atoms with Crippen molar-refractivity contribution in [1.82, 2.24) is 10.2 Å². The first-order chi connectivity index (χ1) is 10.7. The minimum Gasteiger partial charge on any atom is -0.352 e. The summed E-state index contributed by atoms with van der Waals surface area (Å²) >= 11 is 0. The van der Waals surface area contributed by atoms with Gasteiger partial charge in [-0.2, -0.15) is 0 Å². The van der Waals surface area contributed by atoms with Gasteiger partial charge in [0.05, 0.1) is 0 Å². The highest BCUT2D eigenvalue weighted by molar-refractivity contribution is 5.98. The van der Waals surface area contributed by atoms with Gasteiger partial charge in [-0.25, -0.2) is 0 Å². The topological polar surface area (TPSA) is 49.4 Å². The number of carbonyl (C=O) groups excluding carboxylic acids is 2. The Bertz CT molecular complexity index is 510. The summed E-state index contributed by atoms with van der Waals surface area (Å²) in [6, 6.07) is 7.37. The summed E-state index contributed by atoms with van der Waals surface area (Å²) in [6.07, 6.45) is 5.30. The molecule has 1 heterocycles. The van der Waals surface area contributed by atoms with Crippen LogP contribution in [0, 0.1) is 0 Å². The molecular formula is C18H26N2O2. The lowest BCUT2D eigenvalue weighted by Gasteiger charge is -2.35. The SMILES string of the molecule is CCCNC(=O)c1ccc(C(=O)N2CCCCC2CC)cc1. The number of piperidine rings is 1. The summed E-state index contributed by atoms with van der Waals surface area (Å²) in [5.41, 5.74) is 1.28. The lowest BCUT2D eigenvalue weighted by Crippen LogP contribution is -2.43. The molecule has 1 atom stereocenters. The van der Waals surface area contributed by atoms with Gasteiger partial charge in [0.2, 0.25) is 0 Å². The van der Waals surface area contributed by atoms with E-state index in [1.807, 2.05) is 11.8 Å². The Morgan fingerprint density at radius 2 is 1.82 bits per heavy atom. The predicted octanol–water partition coefficient (Wildman–Crippen LogP) is 3.23. The molecule has 120 valence electrons. The number of nitrogens with one attached hydrogen (secondary N) is 1. The maximum atomic E-state index is 12.6. The Kier molecular flexibility index (Phi) is 5.99. The monoisotopic (exact) mass is 302 g/mol. The van der Waals surface area contributed by atoms with Crippen molar-refractivity contribution in [1.29, 1.82) is 0 Å². The van der Waals surface area contributed by atoms with Crippen LogP contribution in [-0.4, -0.2) is 35.8 Å². The minimum absolute atomic E-state index is 0.0785. The van der Waals surface area contributed by atoms with E-state index in [0.29, 0.717) is 23.7 Å². The Morgan fingerprint density at radius 3 is 2.45 bits per heavy atom. The van der Waals surface area contributed by atoms with Gasteiger partial charge in [0.1, 0.15) is 0 Å². The van der Waals surface area contributed by atoms with Gasteiger partial charge in [-0.15, -0.1) is 0 Å². The Hall–Kier alpha value is -1.84. The highest BCUT2D eigenvalue weighted by Crippen LogP contribution is 2.22. The van der Waals surface area contributed by atoms with Crippen molar-refractivity contribution in [2.75, 3.05) is 13.1 Å². The number of likely N-dealkylation sites (tertiary alicyclic amines) is 1. The second-order valence-electron chi connectivity index (χ2n) is 5.89. The molecule has 1 aromatic rings. The molecule has 1 saturated heterocycles. The van der Waals surface area contributed by atoms with E-state index in [1.54, 1.807) is 24.3 Å². The standard InChI is InChI=1S/C18H26N2O2/c1-3-12-19-17(21)14-8-10-15(11-9-14)18(22)20-13-6-5-7-16(20)4-2/h8-11,16H,3-7,12-13H2,1-2H3,(H,19,21). The fourth-order valence-corrected chi connectivity index (χ4v) is 2.96. The molecule has 22 heavy (non-hydrogen) atoms. The minimum atomic E-state index is -0.0785. The Morgan fingerprint density at radius 1 is 1.14 bits per heavy atom. The smallest absolute Gasteiger partial charge is 0.254 e. The fraction of sp³-hybridized carbons (Fsp3) is 0.556. The van der Waals surface area contributed by atoms with Gasteiger partial charge >= 0.3 is 0 Å². The second kappa shape index (κ2) is 7.97. The van der Waals surface area contributed by atoms with Crippen molar-refractivity contribution in [3.8, 4) is 0 Å². The van der Waals surface area contributed by atoms with Gasteiger partial charge < -0.3 is 10.2 Å². The van der Waals surface area contributed by atoms with Crippen molar-refractivity contribution in [2.24, 2.45) is 0 Å². The van der Waals surface area contributed by atoms with Crippen molar-refractivity contribution in [2.45, 2.75) is 52.0 Å². The van der Waals surface area contributed by atoms with Gasteiger partial charge in [0.15, 0.2) is 0 Å². The van der Waals surface area contributed by atoms with Crippen LogP contribution in [0.15, 0.2) is 24.3 Å². The fourth-order valence-electron chi connectivity index (χ4n) is 2.96. The molecule has 1 aromatic carbocycles. The van der Waals surface area contributed by atoms with Crippen LogP contribution in [0.2, 0.25) is 0 Å². The zero-order chi connectivity index (χ0) is 15.9. The van der Waals surface area contributed by atoms with Crippen LogP contribution < -0.4 is 5.32 Å². The van der Waals surface area contributed by atoms with Crippen LogP contribution in [0.25, 0.3) is 0 Å². The molecule has 0 aromatic heterocycles. The summed E-state index contributed by atoms with van der Waals surface area (Å²) < 4.78 is 0. The molecule has 0 aliphatic carbocycles. The van der Waals surface area contributed by atoms with E-state index in [-0.39, 0.29) is 11.8 Å². The number of rotatable bonds is 5. The summed E-state index contributed by atoms with van der Waals surface area (Å²) in [5.74, 6) is 0.0114. The molecule has 0 saturated carbocycles. The molecule has 1 N–H and O–H groups in total.